The molecule has 8 heteroatoms. The molecule has 2 aromatic carbocycles. The van der Waals surface area contributed by atoms with E-state index in [2.05, 4.69) is 15.0 Å². The molecule has 2 aromatic heterocycles. The third-order valence-corrected chi connectivity index (χ3v) is 7.07. The van der Waals surface area contributed by atoms with Crippen LogP contribution in [-0.4, -0.2) is 51.9 Å². The van der Waals surface area contributed by atoms with E-state index in [1.807, 2.05) is 46.2 Å². The summed E-state index contributed by atoms with van der Waals surface area (Å²) in [6, 6.07) is 12.9. The first kappa shape index (κ1) is 20.9. The summed E-state index contributed by atoms with van der Waals surface area (Å²) in [6.45, 7) is 2.31. The van der Waals surface area contributed by atoms with Gasteiger partial charge < -0.3 is 14.2 Å². The van der Waals surface area contributed by atoms with E-state index in [1.54, 1.807) is 6.07 Å². The SMILES string of the molecule is O=C(c1ccc2nc(C3CCCCC3)oc2c1)N1CCN(c2nc3ccccc3c(=O)[nH]2)CC1. The van der Waals surface area contributed by atoms with Crippen molar-refractivity contribution >= 4 is 33.9 Å². The van der Waals surface area contributed by atoms with Crippen LogP contribution < -0.4 is 10.5 Å². The Morgan fingerprint density at radius 1 is 0.941 bits per heavy atom. The molecule has 2 aliphatic rings. The van der Waals surface area contributed by atoms with Crippen molar-refractivity contribution in [2.45, 2.75) is 38.0 Å². The first-order chi connectivity index (χ1) is 16.7. The average molecular weight is 458 g/mol. The highest BCUT2D eigenvalue weighted by Crippen LogP contribution is 2.34. The number of nitrogens with one attached hydrogen (secondary N) is 1. The van der Waals surface area contributed by atoms with Crippen LogP contribution in [0.5, 0.6) is 0 Å². The standard InChI is InChI=1S/C26H27N5O3/c32-23-19-8-4-5-9-20(19)28-26(29-23)31-14-12-30(13-15-31)25(33)18-10-11-21-22(16-18)34-24(27-21)17-6-2-1-3-7-17/h4-5,8-11,16-17H,1-3,6-7,12-15H2,(H,28,29,32). The van der Waals surface area contributed by atoms with Crippen molar-refractivity contribution < 1.29 is 9.21 Å². The van der Waals surface area contributed by atoms with Crippen LogP contribution in [0.4, 0.5) is 5.95 Å². The Labute approximate surface area is 196 Å². The van der Waals surface area contributed by atoms with Gasteiger partial charge in [-0.15, -0.1) is 0 Å². The number of piperazine rings is 1. The molecule has 0 radical (unpaired) electrons. The highest BCUT2D eigenvalue weighted by atomic mass is 16.3. The van der Waals surface area contributed by atoms with E-state index < -0.39 is 0 Å². The molecule has 34 heavy (non-hydrogen) atoms. The van der Waals surface area contributed by atoms with Crippen LogP contribution in [0.3, 0.4) is 0 Å². The van der Waals surface area contributed by atoms with Crippen molar-refractivity contribution in [2.24, 2.45) is 0 Å². The maximum atomic E-state index is 13.2. The van der Waals surface area contributed by atoms with E-state index in [-0.39, 0.29) is 11.5 Å². The largest absolute Gasteiger partial charge is 0.440 e. The molecular weight excluding hydrogens is 430 g/mol. The fourth-order valence-corrected chi connectivity index (χ4v) is 5.13. The molecule has 174 valence electrons. The van der Waals surface area contributed by atoms with Gasteiger partial charge in [0.1, 0.15) is 5.52 Å². The van der Waals surface area contributed by atoms with Gasteiger partial charge in [-0.3, -0.25) is 14.6 Å². The Hall–Kier alpha value is -3.68. The number of fused-ring (bicyclic) bond motifs is 2. The van der Waals surface area contributed by atoms with E-state index >= 15 is 0 Å². The zero-order chi connectivity index (χ0) is 23.1. The number of para-hydroxylation sites is 1. The summed E-state index contributed by atoms with van der Waals surface area (Å²) in [7, 11) is 0. The number of nitrogens with zero attached hydrogens (tertiary/aromatic N) is 4. The van der Waals surface area contributed by atoms with E-state index in [0.29, 0.717) is 60.1 Å². The summed E-state index contributed by atoms with van der Waals surface area (Å²) in [5.41, 5.74) is 2.64. The first-order valence-electron chi connectivity index (χ1n) is 12.1. The fourth-order valence-electron chi connectivity index (χ4n) is 5.13. The average Bonchev–Trinajstić information content (AvgIpc) is 3.32. The fraction of sp³-hybridized carbons (Fsp3) is 0.385. The number of anilines is 1. The molecule has 6 rings (SSSR count). The molecule has 0 spiro atoms. The highest BCUT2D eigenvalue weighted by molar-refractivity contribution is 5.97. The number of aromatic nitrogens is 3. The second-order valence-corrected chi connectivity index (χ2v) is 9.26. The minimum atomic E-state index is -0.146. The zero-order valence-electron chi connectivity index (χ0n) is 19.0. The monoisotopic (exact) mass is 457 g/mol. The van der Waals surface area contributed by atoms with Crippen molar-refractivity contribution in [2.75, 3.05) is 31.1 Å². The Morgan fingerprint density at radius 2 is 1.74 bits per heavy atom. The topological polar surface area (TPSA) is 95.3 Å². The Bertz CT molecular complexity index is 1410. The number of benzene rings is 2. The van der Waals surface area contributed by atoms with Gasteiger partial charge in [-0.05, 0) is 43.2 Å². The molecule has 1 saturated carbocycles. The molecule has 4 aromatic rings. The van der Waals surface area contributed by atoms with Crippen LogP contribution in [0, 0.1) is 0 Å². The first-order valence-corrected chi connectivity index (χ1v) is 12.1. The van der Waals surface area contributed by atoms with Gasteiger partial charge in [-0.2, -0.15) is 0 Å². The minimum Gasteiger partial charge on any atom is -0.440 e. The predicted molar refractivity (Wildman–Crippen MR) is 130 cm³/mol. The minimum absolute atomic E-state index is 0.0165. The quantitative estimate of drug-likeness (QED) is 0.498. The van der Waals surface area contributed by atoms with Crippen molar-refractivity contribution in [3.63, 3.8) is 0 Å². The molecule has 0 unspecified atom stereocenters. The molecule has 2 fully saturated rings. The summed E-state index contributed by atoms with van der Waals surface area (Å²) in [5, 5.41) is 0.578. The van der Waals surface area contributed by atoms with E-state index in [1.165, 1.54) is 19.3 Å². The van der Waals surface area contributed by atoms with Crippen molar-refractivity contribution in [1.29, 1.82) is 0 Å². The summed E-state index contributed by atoms with van der Waals surface area (Å²) >= 11 is 0. The predicted octanol–water partition coefficient (Wildman–Crippen LogP) is 4.07. The lowest BCUT2D eigenvalue weighted by Crippen LogP contribution is -2.49. The molecule has 3 heterocycles. The van der Waals surface area contributed by atoms with Gasteiger partial charge in [0, 0.05) is 37.7 Å². The molecule has 1 amide bonds. The van der Waals surface area contributed by atoms with E-state index in [9.17, 15) is 9.59 Å². The lowest BCUT2D eigenvalue weighted by Gasteiger charge is -2.35. The lowest BCUT2D eigenvalue weighted by atomic mass is 9.89. The van der Waals surface area contributed by atoms with Crippen molar-refractivity contribution in [1.82, 2.24) is 19.9 Å². The Morgan fingerprint density at radius 3 is 2.56 bits per heavy atom. The van der Waals surface area contributed by atoms with Crippen LogP contribution in [0.15, 0.2) is 51.7 Å². The van der Waals surface area contributed by atoms with Gasteiger partial charge in [0.25, 0.3) is 11.5 Å². The molecule has 1 saturated heterocycles. The molecule has 1 N–H and O–H groups in total. The third-order valence-electron chi connectivity index (χ3n) is 7.07. The van der Waals surface area contributed by atoms with Crippen LogP contribution in [0.2, 0.25) is 0 Å². The van der Waals surface area contributed by atoms with Crippen molar-refractivity contribution in [3.8, 4) is 0 Å². The van der Waals surface area contributed by atoms with Crippen LogP contribution >= 0.6 is 0 Å². The molecule has 8 nitrogen and oxygen atoms in total. The molecule has 0 atom stereocenters. The number of carbonyl (C=O) groups excluding carboxylic acids is 1. The number of hydrogen-bond acceptors (Lipinski definition) is 6. The second-order valence-electron chi connectivity index (χ2n) is 9.26. The maximum absolute atomic E-state index is 13.2. The Kier molecular flexibility index (Phi) is 5.28. The van der Waals surface area contributed by atoms with Crippen LogP contribution in [0.1, 0.15) is 54.3 Å². The number of H-pyrrole nitrogens is 1. The van der Waals surface area contributed by atoms with Crippen molar-refractivity contribution in [3.05, 3.63) is 64.3 Å². The number of carbonyl (C=O) groups is 1. The molecular formula is C26H27N5O3. The number of hydrogen-bond donors (Lipinski definition) is 1. The molecule has 1 aliphatic carbocycles. The maximum Gasteiger partial charge on any atom is 0.260 e. The molecule has 0 bridgehead atoms. The zero-order valence-corrected chi connectivity index (χ0v) is 19.0. The molecule has 1 aliphatic heterocycles. The smallest absolute Gasteiger partial charge is 0.260 e. The van der Waals surface area contributed by atoms with Gasteiger partial charge >= 0.3 is 0 Å². The van der Waals surface area contributed by atoms with Gasteiger partial charge in [0.2, 0.25) is 5.95 Å². The second kappa shape index (κ2) is 8.59. The summed E-state index contributed by atoms with van der Waals surface area (Å²) in [5.74, 6) is 1.74. The number of aromatic amines is 1. The summed E-state index contributed by atoms with van der Waals surface area (Å²) in [4.78, 5) is 41.6. The summed E-state index contributed by atoms with van der Waals surface area (Å²) in [6.07, 6.45) is 5.99. The third kappa shape index (κ3) is 3.83. The number of amides is 1. The number of rotatable bonds is 3. The van der Waals surface area contributed by atoms with E-state index in [4.69, 9.17) is 4.42 Å². The van der Waals surface area contributed by atoms with Crippen LogP contribution in [-0.2, 0) is 0 Å². The van der Waals surface area contributed by atoms with Gasteiger partial charge in [-0.1, -0.05) is 31.4 Å². The Balaban J connectivity index is 1.16. The van der Waals surface area contributed by atoms with Crippen LogP contribution in [0.25, 0.3) is 22.0 Å². The normalized spacial score (nSPS) is 17.5. The van der Waals surface area contributed by atoms with Gasteiger partial charge in [0.15, 0.2) is 11.5 Å². The highest BCUT2D eigenvalue weighted by Gasteiger charge is 2.25. The number of oxazole rings is 1. The summed E-state index contributed by atoms with van der Waals surface area (Å²) < 4.78 is 6.07. The van der Waals surface area contributed by atoms with Gasteiger partial charge in [0.05, 0.1) is 10.9 Å². The lowest BCUT2D eigenvalue weighted by molar-refractivity contribution is 0.0746. The van der Waals surface area contributed by atoms with Gasteiger partial charge in [-0.25, -0.2) is 9.97 Å². The van der Waals surface area contributed by atoms with E-state index in [0.717, 1.165) is 24.2 Å².